The van der Waals surface area contributed by atoms with Crippen LogP contribution in [0.4, 0.5) is 0 Å². The third kappa shape index (κ3) is 5.02. The number of hydrogen-bond donors (Lipinski definition) is 0. The number of hydrogen-bond acceptors (Lipinski definition) is 3. The number of ether oxygens (including phenoxy) is 1. The molecule has 1 rings (SSSR count). The van der Waals surface area contributed by atoms with Gasteiger partial charge in [0.1, 0.15) is 0 Å². The van der Waals surface area contributed by atoms with Crippen LogP contribution >= 0.6 is 0 Å². The third-order valence-electron chi connectivity index (χ3n) is 3.28. The van der Waals surface area contributed by atoms with Crippen LogP contribution in [0.5, 0.6) is 0 Å². The van der Waals surface area contributed by atoms with Crippen LogP contribution in [0.2, 0.25) is 0 Å². The fourth-order valence-electron chi connectivity index (χ4n) is 2.33. The highest BCUT2D eigenvalue weighted by Crippen LogP contribution is 2.09. The Morgan fingerprint density at radius 2 is 1.82 bits per heavy atom. The highest BCUT2D eigenvalue weighted by molar-refractivity contribution is 4.84. The summed E-state index contributed by atoms with van der Waals surface area (Å²) in [6.07, 6.45) is 5.12. The van der Waals surface area contributed by atoms with Crippen LogP contribution in [0.3, 0.4) is 0 Å². The van der Waals surface area contributed by atoms with Crippen LogP contribution in [0.15, 0.2) is 25.3 Å². The lowest BCUT2D eigenvalue weighted by molar-refractivity contribution is 0.00887. The second-order valence-corrected chi connectivity index (χ2v) is 4.51. The lowest BCUT2D eigenvalue weighted by Crippen LogP contribution is -2.48. The Hall–Kier alpha value is -0.640. The number of morpholine rings is 1. The standard InChI is InChI=1S/C14H26N2O/c1-4-7-15(8-5-2)13-14(6-3)16-9-11-17-12-10-16/h4-5,14H,1-2,6-13H2,3H3. The quantitative estimate of drug-likeness (QED) is 0.599. The van der Waals surface area contributed by atoms with Crippen molar-refractivity contribution < 1.29 is 4.74 Å². The summed E-state index contributed by atoms with van der Waals surface area (Å²) in [6, 6.07) is 0.624. The molecule has 0 N–H and O–H groups in total. The van der Waals surface area contributed by atoms with Gasteiger partial charge in [-0.1, -0.05) is 19.1 Å². The summed E-state index contributed by atoms with van der Waals surface area (Å²) in [7, 11) is 0. The smallest absolute Gasteiger partial charge is 0.0594 e. The molecule has 1 heterocycles. The topological polar surface area (TPSA) is 15.7 Å². The van der Waals surface area contributed by atoms with E-state index in [0.717, 1.165) is 45.9 Å². The molecule has 1 aliphatic rings. The Kier molecular flexibility index (Phi) is 7.17. The second-order valence-electron chi connectivity index (χ2n) is 4.51. The van der Waals surface area contributed by atoms with E-state index in [1.807, 2.05) is 12.2 Å². The van der Waals surface area contributed by atoms with Crippen LogP contribution in [0, 0.1) is 0 Å². The van der Waals surface area contributed by atoms with Gasteiger partial charge in [0.2, 0.25) is 0 Å². The average molecular weight is 238 g/mol. The van der Waals surface area contributed by atoms with Crippen molar-refractivity contribution in [3.8, 4) is 0 Å². The Balaban J connectivity index is 2.46. The molecule has 17 heavy (non-hydrogen) atoms. The molecule has 1 fully saturated rings. The molecule has 1 unspecified atom stereocenters. The van der Waals surface area contributed by atoms with Crippen molar-refractivity contribution in [2.24, 2.45) is 0 Å². The van der Waals surface area contributed by atoms with E-state index in [-0.39, 0.29) is 0 Å². The molecule has 3 heteroatoms. The van der Waals surface area contributed by atoms with Gasteiger partial charge in [0.15, 0.2) is 0 Å². The molecule has 3 nitrogen and oxygen atoms in total. The molecular formula is C14H26N2O. The van der Waals surface area contributed by atoms with Gasteiger partial charge in [0, 0.05) is 38.8 Å². The van der Waals surface area contributed by atoms with Gasteiger partial charge in [-0.15, -0.1) is 13.2 Å². The van der Waals surface area contributed by atoms with Crippen molar-refractivity contribution >= 4 is 0 Å². The molecule has 0 bridgehead atoms. The summed E-state index contributed by atoms with van der Waals surface area (Å²) in [5.41, 5.74) is 0. The predicted molar refractivity (Wildman–Crippen MR) is 73.3 cm³/mol. The highest BCUT2D eigenvalue weighted by Gasteiger charge is 2.20. The Bertz CT molecular complexity index is 214. The molecule has 1 saturated heterocycles. The summed E-state index contributed by atoms with van der Waals surface area (Å²) >= 11 is 0. The summed E-state index contributed by atoms with van der Waals surface area (Å²) < 4.78 is 5.41. The van der Waals surface area contributed by atoms with Crippen molar-refractivity contribution in [1.82, 2.24) is 9.80 Å². The first kappa shape index (κ1) is 14.4. The van der Waals surface area contributed by atoms with E-state index in [1.54, 1.807) is 0 Å². The lowest BCUT2D eigenvalue weighted by atomic mass is 10.1. The van der Waals surface area contributed by atoms with Gasteiger partial charge in [0.05, 0.1) is 13.2 Å². The zero-order valence-corrected chi connectivity index (χ0v) is 11.1. The second kappa shape index (κ2) is 8.45. The molecule has 0 aromatic heterocycles. The van der Waals surface area contributed by atoms with E-state index in [4.69, 9.17) is 4.74 Å². The van der Waals surface area contributed by atoms with Crippen LogP contribution in [0.1, 0.15) is 13.3 Å². The van der Waals surface area contributed by atoms with E-state index in [9.17, 15) is 0 Å². The first-order valence-corrected chi connectivity index (χ1v) is 6.57. The van der Waals surface area contributed by atoms with Crippen LogP contribution in [0.25, 0.3) is 0 Å². The maximum Gasteiger partial charge on any atom is 0.0594 e. The maximum atomic E-state index is 5.41. The van der Waals surface area contributed by atoms with Crippen LogP contribution < -0.4 is 0 Å². The molecule has 0 saturated carbocycles. The Morgan fingerprint density at radius 1 is 1.24 bits per heavy atom. The minimum Gasteiger partial charge on any atom is -0.379 e. The summed E-state index contributed by atoms with van der Waals surface area (Å²) in [4.78, 5) is 4.94. The lowest BCUT2D eigenvalue weighted by Gasteiger charge is -2.36. The largest absolute Gasteiger partial charge is 0.379 e. The first-order valence-electron chi connectivity index (χ1n) is 6.57. The van der Waals surface area contributed by atoms with Gasteiger partial charge in [0.25, 0.3) is 0 Å². The maximum absolute atomic E-state index is 5.41. The Morgan fingerprint density at radius 3 is 2.29 bits per heavy atom. The molecule has 0 spiro atoms. The molecule has 0 aromatic rings. The molecule has 0 aliphatic carbocycles. The number of nitrogens with zero attached hydrogens (tertiary/aromatic N) is 2. The SMILES string of the molecule is C=CCN(CC=C)CC(CC)N1CCOCC1. The van der Waals surface area contributed by atoms with E-state index in [0.29, 0.717) is 6.04 Å². The normalized spacial score (nSPS) is 19.2. The molecule has 98 valence electrons. The predicted octanol–water partition coefficient (Wildman–Crippen LogP) is 1.77. The summed E-state index contributed by atoms with van der Waals surface area (Å²) in [6.45, 7) is 16.7. The van der Waals surface area contributed by atoms with Crippen molar-refractivity contribution in [2.75, 3.05) is 45.9 Å². The molecule has 1 aliphatic heterocycles. The van der Waals surface area contributed by atoms with Gasteiger partial charge < -0.3 is 4.74 Å². The third-order valence-corrected chi connectivity index (χ3v) is 3.28. The number of rotatable bonds is 8. The average Bonchev–Trinajstić information content (AvgIpc) is 2.37. The van der Waals surface area contributed by atoms with Gasteiger partial charge in [-0.2, -0.15) is 0 Å². The van der Waals surface area contributed by atoms with E-state index in [2.05, 4.69) is 29.9 Å². The van der Waals surface area contributed by atoms with Gasteiger partial charge >= 0.3 is 0 Å². The molecule has 1 atom stereocenters. The highest BCUT2D eigenvalue weighted by atomic mass is 16.5. The van der Waals surface area contributed by atoms with Gasteiger partial charge in [-0.25, -0.2) is 0 Å². The zero-order valence-electron chi connectivity index (χ0n) is 11.1. The summed E-state index contributed by atoms with van der Waals surface area (Å²) in [5, 5.41) is 0. The molecule has 0 aromatic carbocycles. The summed E-state index contributed by atoms with van der Waals surface area (Å²) in [5.74, 6) is 0. The first-order chi connectivity index (χ1) is 8.31. The van der Waals surface area contributed by atoms with Gasteiger partial charge in [-0.05, 0) is 6.42 Å². The monoisotopic (exact) mass is 238 g/mol. The van der Waals surface area contributed by atoms with Crippen molar-refractivity contribution in [3.63, 3.8) is 0 Å². The molecule has 0 amide bonds. The van der Waals surface area contributed by atoms with Crippen LogP contribution in [-0.2, 0) is 4.74 Å². The zero-order chi connectivity index (χ0) is 12.5. The van der Waals surface area contributed by atoms with Crippen LogP contribution in [-0.4, -0.2) is 61.8 Å². The Labute approximate surface area is 106 Å². The minimum absolute atomic E-state index is 0.624. The van der Waals surface area contributed by atoms with Crippen molar-refractivity contribution in [2.45, 2.75) is 19.4 Å². The molecule has 0 radical (unpaired) electrons. The van der Waals surface area contributed by atoms with E-state index < -0.39 is 0 Å². The van der Waals surface area contributed by atoms with Gasteiger partial charge in [-0.3, -0.25) is 9.80 Å². The van der Waals surface area contributed by atoms with E-state index in [1.165, 1.54) is 6.42 Å². The minimum atomic E-state index is 0.624. The fraction of sp³-hybridized carbons (Fsp3) is 0.714. The van der Waals surface area contributed by atoms with Crippen molar-refractivity contribution in [1.29, 1.82) is 0 Å². The fourth-order valence-corrected chi connectivity index (χ4v) is 2.33. The van der Waals surface area contributed by atoms with E-state index >= 15 is 0 Å². The molecular weight excluding hydrogens is 212 g/mol. The van der Waals surface area contributed by atoms with Crippen molar-refractivity contribution in [3.05, 3.63) is 25.3 Å².